The zero-order chi connectivity index (χ0) is 7.02. The Morgan fingerprint density at radius 1 is 1.00 bits per heavy atom. The monoisotopic (exact) mass is 128 g/mol. The maximum atomic E-state index is 5.79. The van der Waals surface area contributed by atoms with Crippen LogP contribution in [0.4, 0.5) is 0 Å². The molecule has 1 aliphatic carbocycles. The number of rotatable bonds is 0. The Bertz CT molecular complexity index is 91.1. The van der Waals surface area contributed by atoms with Crippen molar-refractivity contribution in [1.82, 2.24) is 0 Å². The zero-order valence-electron chi connectivity index (χ0n) is 6.17. The summed E-state index contributed by atoms with van der Waals surface area (Å²) < 4.78 is 0. The van der Waals surface area contributed by atoms with Gasteiger partial charge in [0.05, 0.1) is 0 Å². The van der Waals surface area contributed by atoms with Crippen LogP contribution in [0.25, 0.3) is 0 Å². The summed E-state index contributed by atoms with van der Waals surface area (Å²) >= 11 is 0. The van der Waals surface area contributed by atoms with Crippen LogP contribution >= 0.6 is 0 Å². The molecule has 9 heavy (non-hydrogen) atoms. The van der Waals surface area contributed by atoms with E-state index in [9.17, 15) is 0 Å². The van der Waals surface area contributed by atoms with Crippen LogP contribution in [0.1, 0.15) is 20.3 Å². The Balaban J connectivity index is 2.54. The summed E-state index contributed by atoms with van der Waals surface area (Å²) in [6.07, 6.45) is 1.20. The molecule has 0 heterocycles. The van der Waals surface area contributed by atoms with Crippen molar-refractivity contribution in [2.75, 3.05) is 0 Å². The van der Waals surface area contributed by atoms with Gasteiger partial charge in [0.25, 0.3) is 0 Å². The van der Waals surface area contributed by atoms with Gasteiger partial charge in [0.2, 0.25) is 0 Å². The summed E-state index contributed by atoms with van der Waals surface area (Å²) in [5.74, 6) is 1.24. The summed E-state index contributed by atoms with van der Waals surface area (Å²) in [4.78, 5) is 0. The lowest BCUT2D eigenvalue weighted by Gasteiger charge is -2.14. The molecular formula is C7H16N2. The highest BCUT2D eigenvalue weighted by molar-refractivity contribution is 4.92. The first-order valence-electron chi connectivity index (χ1n) is 3.64. The molecule has 0 aromatic carbocycles. The zero-order valence-corrected chi connectivity index (χ0v) is 6.17. The third-order valence-corrected chi connectivity index (χ3v) is 2.50. The molecule has 0 saturated heterocycles. The van der Waals surface area contributed by atoms with Gasteiger partial charge in [-0.05, 0) is 18.3 Å². The van der Waals surface area contributed by atoms with Crippen molar-refractivity contribution in [3.63, 3.8) is 0 Å². The van der Waals surface area contributed by atoms with E-state index in [0.717, 1.165) is 0 Å². The van der Waals surface area contributed by atoms with Crippen molar-refractivity contribution in [1.29, 1.82) is 0 Å². The molecule has 2 heteroatoms. The van der Waals surface area contributed by atoms with Gasteiger partial charge in [-0.3, -0.25) is 0 Å². The predicted octanol–water partition coefficient (Wildman–Crippen LogP) is 0.317. The summed E-state index contributed by atoms with van der Waals surface area (Å²) in [6, 6.07) is 0.472. The van der Waals surface area contributed by atoms with Crippen molar-refractivity contribution in [3.05, 3.63) is 0 Å². The molecule has 0 amide bonds. The second kappa shape index (κ2) is 2.27. The molecule has 2 nitrogen and oxygen atoms in total. The average Bonchev–Trinajstić information content (AvgIpc) is 1.98. The van der Waals surface area contributed by atoms with E-state index in [0.29, 0.717) is 11.8 Å². The van der Waals surface area contributed by atoms with Crippen LogP contribution in [0.15, 0.2) is 0 Å². The molecule has 0 aliphatic heterocycles. The SMILES string of the molecule is CC1CC(C)C(N)C1N. The Labute approximate surface area is 56.6 Å². The molecule has 1 aliphatic rings. The highest BCUT2D eigenvalue weighted by Gasteiger charge is 2.33. The van der Waals surface area contributed by atoms with Gasteiger partial charge in [0, 0.05) is 12.1 Å². The molecule has 0 spiro atoms. The minimum atomic E-state index is 0.236. The van der Waals surface area contributed by atoms with Gasteiger partial charge in [-0.1, -0.05) is 13.8 Å². The van der Waals surface area contributed by atoms with Gasteiger partial charge in [0.15, 0.2) is 0 Å². The standard InChI is InChI=1S/C7H16N2/c1-4-3-5(2)7(9)6(4)8/h4-7H,3,8-9H2,1-2H3. The van der Waals surface area contributed by atoms with E-state index in [1.54, 1.807) is 0 Å². The van der Waals surface area contributed by atoms with E-state index < -0.39 is 0 Å². The summed E-state index contributed by atoms with van der Waals surface area (Å²) in [7, 11) is 0. The maximum Gasteiger partial charge on any atom is 0.0221 e. The molecule has 0 radical (unpaired) electrons. The van der Waals surface area contributed by atoms with Crippen molar-refractivity contribution in [2.45, 2.75) is 32.4 Å². The quantitative estimate of drug-likeness (QED) is 0.493. The predicted molar refractivity (Wildman–Crippen MR) is 38.9 cm³/mol. The third kappa shape index (κ3) is 1.10. The van der Waals surface area contributed by atoms with E-state index in [2.05, 4.69) is 13.8 Å². The van der Waals surface area contributed by atoms with Crippen LogP contribution in [-0.2, 0) is 0 Å². The van der Waals surface area contributed by atoms with Gasteiger partial charge < -0.3 is 11.5 Å². The second-order valence-electron chi connectivity index (χ2n) is 3.34. The van der Waals surface area contributed by atoms with Gasteiger partial charge in [-0.2, -0.15) is 0 Å². The Hall–Kier alpha value is -0.0800. The van der Waals surface area contributed by atoms with Gasteiger partial charge >= 0.3 is 0 Å². The van der Waals surface area contributed by atoms with E-state index >= 15 is 0 Å². The molecule has 0 aromatic rings. The van der Waals surface area contributed by atoms with Gasteiger partial charge in [-0.25, -0.2) is 0 Å². The molecule has 4 atom stereocenters. The topological polar surface area (TPSA) is 52.0 Å². The summed E-state index contributed by atoms with van der Waals surface area (Å²) in [5.41, 5.74) is 11.6. The van der Waals surface area contributed by atoms with E-state index in [-0.39, 0.29) is 12.1 Å². The van der Waals surface area contributed by atoms with Crippen LogP contribution in [-0.4, -0.2) is 12.1 Å². The lowest BCUT2D eigenvalue weighted by molar-refractivity contribution is 0.483. The normalized spacial score (nSPS) is 52.0. The second-order valence-corrected chi connectivity index (χ2v) is 3.34. The lowest BCUT2D eigenvalue weighted by Crippen LogP contribution is -2.41. The molecule has 54 valence electrons. The van der Waals surface area contributed by atoms with Gasteiger partial charge in [0.1, 0.15) is 0 Å². The van der Waals surface area contributed by atoms with Crippen molar-refractivity contribution >= 4 is 0 Å². The fourth-order valence-corrected chi connectivity index (χ4v) is 1.66. The third-order valence-electron chi connectivity index (χ3n) is 2.50. The van der Waals surface area contributed by atoms with Crippen molar-refractivity contribution < 1.29 is 0 Å². The summed E-state index contributed by atoms with van der Waals surface area (Å²) in [6.45, 7) is 4.35. The molecule has 4 N–H and O–H groups in total. The molecule has 1 rings (SSSR count). The number of hydrogen-bond donors (Lipinski definition) is 2. The van der Waals surface area contributed by atoms with Crippen LogP contribution < -0.4 is 11.5 Å². The average molecular weight is 128 g/mol. The highest BCUT2D eigenvalue weighted by atomic mass is 14.8. The highest BCUT2D eigenvalue weighted by Crippen LogP contribution is 2.27. The Kier molecular flexibility index (Phi) is 1.78. The van der Waals surface area contributed by atoms with Crippen LogP contribution in [0, 0.1) is 11.8 Å². The first kappa shape index (κ1) is 7.03. The molecule has 0 aromatic heterocycles. The van der Waals surface area contributed by atoms with E-state index in [4.69, 9.17) is 11.5 Å². The largest absolute Gasteiger partial charge is 0.326 e. The Morgan fingerprint density at radius 3 is 1.44 bits per heavy atom. The van der Waals surface area contributed by atoms with Crippen LogP contribution in [0.5, 0.6) is 0 Å². The minimum absolute atomic E-state index is 0.236. The fraction of sp³-hybridized carbons (Fsp3) is 1.00. The summed E-state index contributed by atoms with van der Waals surface area (Å²) in [5, 5.41) is 0. The van der Waals surface area contributed by atoms with Crippen LogP contribution in [0.2, 0.25) is 0 Å². The molecule has 1 fully saturated rings. The van der Waals surface area contributed by atoms with E-state index in [1.165, 1.54) is 6.42 Å². The molecule has 0 bridgehead atoms. The van der Waals surface area contributed by atoms with E-state index in [1.807, 2.05) is 0 Å². The fourth-order valence-electron chi connectivity index (χ4n) is 1.66. The van der Waals surface area contributed by atoms with Crippen molar-refractivity contribution in [2.24, 2.45) is 23.3 Å². The molecule has 1 saturated carbocycles. The first-order chi connectivity index (χ1) is 4.13. The minimum Gasteiger partial charge on any atom is -0.326 e. The van der Waals surface area contributed by atoms with Crippen molar-refractivity contribution in [3.8, 4) is 0 Å². The first-order valence-corrected chi connectivity index (χ1v) is 3.64. The number of nitrogens with two attached hydrogens (primary N) is 2. The maximum absolute atomic E-state index is 5.79. The van der Waals surface area contributed by atoms with Gasteiger partial charge in [-0.15, -0.1) is 0 Å². The smallest absolute Gasteiger partial charge is 0.0221 e. The molecule has 4 unspecified atom stereocenters. The lowest BCUT2D eigenvalue weighted by atomic mass is 10.1. The Morgan fingerprint density at radius 2 is 1.33 bits per heavy atom. The molecular weight excluding hydrogens is 112 g/mol. The van der Waals surface area contributed by atoms with Crippen LogP contribution in [0.3, 0.4) is 0 Å². The number of hydrogen-bond acceptors (Lipinski definition) is 2.